The van der Waals surface area contributed by atoms with Gasteiger partial charge in [0.25, 0.3) is 15.9 Å². The van der Waals surface area contributed by atoms with E-state index in [4.69, 9.17) is 9.47 Å². The number of amides is 1. The Bertz CT molecular complexity index is 1270. The lowest BCUT2D eigenvalue weighted by Crippen LogP contribution is -2.19. The largest absolute Gasteiger partial charge is 0.497 e. The Kier molecular flexibility index (Phi) is 6.43. The molecular formula is C22H19N3O5S. The lowest BCUT2D eigenvalue weighted by Gasteiger charge is -2.15. The van der Waals surface area contributed by atoms with Crippen molar-refractivity contribution in [2.24, 2.45) is 0 Å². The van der Waals surface area contributed by atoms with Gasteiger partial charge >= 0.3 is 0 Å². The van der Waals surface area contributed by atoms with Gasteiger partial charge in [-0.05, 0) is 36.4 Å². The summed E-state index contributed by atoms with van der Waals surface area (Å²) < 4.78 is 38.5. The number of ether oxygens (including phenoxy) is 2. The summed E-state index contributed by atoms with van der Waals surface area (Å²) in [6.07, 6.45) is 0. The summed E-state index contributed by atoms with van der Waals surface area (Å²) in [4.78, 5) is 12.7. The molecule has 1 amide bonds. The summed E-state index contributed by atoms with van der Waals surface area (Å²) in [5, 5.41) is 11.9. The van der Waals surface area contributed by atoms with Crippen molar-refractivity contribution in [3.63, 3.8) is 0 Å². The molecule has 3 rings (SSSR count). The molecule has 158 valence electrons. The van der Waals surface area contributed by atoms with Crippen LogP contribution in [0.1, 0.15) is 15.9 Å². The second-order valence-electron chi connectivity index (χ2n) is 6.28. The minimum absolute atomic E-state index is 0.0000909. The number of methoxy groups -OCH3 is 2. The third kappa shape index (κ3) is 4.76. The summed E-state index contributed by atoms with van der Waals surface area (Å²) in [7, 11) is -1.13. The maximum Gasteiger partial charge on any atom is 0.263 e. The minimum Gasteiger partial charge on any atom is -0.497 e. The molecule has 31 heavy (non-hydrogen) atoms. The van der Waals surface area contributed by atoms with E-state index in [-0.39, 0.29) is 21.7 Å². The van der Waals surface area contributed by atoms with Crippen LogP contribution in [0.5, 0.6) is 11.5 Å². The summed E-state index contributed by atoms with van der Waals surface area (Å²) in [5.41, 5.74) is 0.555. The summed E-state index contributed by atoms with van der Waals surface area (Å²) in [5.74, 6) is 0.392. The quantitative estimate of drug-likeness (QED) is 0.583. The number of para-hydroxylation sites is 1. The fourth-order valence-corrected chi connectivity index (χ4v) is 4.09. The van der Waals surface area contributed by atoms with E-state index in [1.165, 1.54) is 44.6 Å². The maximum absolute atomic E-state index is 12.9. The fourth-order valence-electron chi connectivity index (χ4n) is 2.85. The highest BCUT2D eigenvalue weighted by Crippen LogP contribution is 2.30. The first-order valence-electron chi connectivity index (χ1n) is 9.04. The molecule has 2 N–H and O–H groups in total. The third-order valence-electron chi connectivity index (χ3n) is 4.37. The predicted molar refractivity (Wildman–Crippen MR) is 116 cm³/mol. The smallest absolute Gasteiger partial charge is 0.263 e. The first kappa shape index (κ1) is 21.7. The molecular weight excluding hydrogens is 418 g/mol. The van der Waals surface area contributed by atoms with Crippen molar-refractivity contribution in [1.82, 2.24) is 0 Å². The number of anilines is 2. The molecule has 0 bridgehead atoms. The third-order valence-corrected chi connectivity index (χ3v) is 5.79. The molecule has 0 saturated heterocycles. The molecule has 0 fully saturated rings. The Morgan fingerprint density at radius 2 is 1.65 bits per heavy atom. The lowest BCUT2D eigenvalue weighted by atomic mass is 10.1. The van der Waals surface area contributed by atoms with Crippen molar-refractivity contribution >= 4 is 27.3 Å². The van der Waals surface area contributed by atoms with Gasteiger partial charge in [0.1, 0.15) is 22.5 Å². The Morgan fingerprint density at radius 3 is 2.35 bits per heavy atom. The van der Waals surface area contributed by atoms with Crippen LogP contribution in [-0.2, 0) is 10.0 Å². The summed E-state index contributed by atoms with van der Waals surface area (Å²) in [6, 6.07) is 18.7. The van der Waals surface area contributed by atoms with Gasteiger partial charge in [-0.2, -0.15) is 5.26 Å². The normalized spacial score (nSPS) is 10.6. The Morgan fingerprint density at radius 1 is 0.935 bits per heavy atom. The van der Waals surface area contributed by atoms with Crippen LogP contribution in [0.4, 0.5) is 11.4 Å². The highest BCUT2D eigenvalue weighted by molar-refractivity contribution is 7.92. The van der Waals surface area contributed by atoms with Gasteiger partial charge in [0.05, 0.1) is 36.7 Å². The zero-order chi connectivity index (χ0) is 22.4. The van der Waals surface area contributed by atoms with E-state index in [9.17, 15) is 18.5 Å². The number of carbonyl (C=O) groups excluding carboxylic acids is 1. The number of hydrogen-bond donors (Lipinski definition) is 2. The Labute approximate surface area is 180 Å². The van der Waals surface area contributed by atoms with E-state index in [1.807, 2.05) is 6.07 Å². The van der Waals surface area contributed by atoms with Gasteiger partial charge < -0.3 is 14.8 Å². The van der Waals surface area contributed by atoms with Crippen LogP contribution < -0.4 is 19.5 Å². The number of rotatable bonds is 7. The highest BCUT2D eigenvalue weighted by Gasteiger charge is 2.22. The van der Waals surface area contributed by atoms with Crippen molar-refractivity contribution in [3.8, 4) is 17.6 Å². The first-order chi connectivity index (χ1) is 14.9. The van der Waals surface area contributed by atoms with Gasteiger partial charge in [0, 0.05) is 6.07 Å². The van der Waals surface area contributed by atoms with Crippen molar-refractivity contribution in [2.75, 3.05) is 24.3 Å². The van der Waals surface area contributed by atoms with Crippen LogP contribution in [-0.4, -0.2) is 28.5 Å². The van der Waals surface area contributed by atoms with Crippen LogP contribution in [0, 0.1) is 11.3 Å². The number of sulfonamides is 1. The van der Waals surface area contributed by atoms with Crippen molar-refractivity contribution in [1.29, 1.82) is 5.26 Å². The average Bonchev–Trinajstić information content (AvgIpc) is 2.79. The van der Waals surface area contributed by atoms with Crippen LogP contribution in [0.25, 0.3) is 0 Å². The maximum atomic E-state index is 12.9. The zero-order valence-electron chi connectivity index (χ0n) is 16.7. The molecule has 3 aromatic rings. The van der Waals surface area contributed by atoms with E-state index in [1.54, 1.807) is 36.4 Å². The van der Waals surface area contributed by atoms with Crippen LogP contribution in [0.3, 0.4) is 0 Å². The van der Waals surface area contributed by atoms with E-state index < -0.39 is 15.9 Å². The molecule has 0 aliphatic rings. The number of nitrogens with one attached hydrogen (secondary N) is 2. The minimum atomic E-state index is -4.10. The van der Waals surface area contributed by atoms with Crippen LogP contribution in [0.15, 0.2) is 71.6 Å². The number of nitrogens with zero attached hydrogens (tertiary/aromatic N) is 1. The van der Waals surface area contributed by atoms with E-state index in [0.29, 0.717) is 17.2 Å². The molecule has 8 nitrogen and oxygen atoms in total. The van der Waals surface area contributed by atoms with E-state index >= 15 is 0 Å². The van der Waals surface area contributed by atoms with Gasteiger partial charge in [0.2, 0.25) is 0 Å². The summed E-state index contributed by atoms with van der Waals surface area (Å²) >= 11 is 0. The topological polar surface area (TPSA) is 118 Å². The number of nitriles is 1. The fraction of sp³-hybridized carbons (Fsp3) is 0.0909. The SMILES string of the molecule is COc1ccc(NC(=O)c2ccccc2NS(=O)(=O)c2ccccc2C#N)c(OC)c1. The standard InChI is InChI=1S/C22H19N3O5S/c1-29-16-11-12-19(20(13-16)30-2)24-22(26)17-8-4-5-9-18(17)25-31(27,28)21-10-6-3-7-15(21)14-23/h3-13,25H,1-2H3,(H,24,26). The monoisotopic (exact) mass is 437 g/mol. The van der Waals surface area contributed by atoms with E-state index in [2.05, 4.69) is 10.0 Å². The number of carbonyl (C=O) groups is 1. The Hall–Kier alpha value is -4.03. The molecule has 9 heteroatoms. The average molecular weight is 437 g/mol. The molecule has 0 aliphatic carbocycles. The molecule has 0 spiro atoms. The number of benzene rings is 3. The van der Waals surface area contributed by atoms with E-state index in [0.717, 1.165) is 0 Å². The second-order valence-corrected chi connectivity index (χ2v) is 7.93. The van der Waals surface area contributed by atoms with Gasteiger partial charge in [-0.15, -0.1) is 0 Å². The van der Waals surface area contributed by atoms with Gasteiger partial charge in [0.15, 0.2) is 0 Å². The highest BCUT2D eigenvalue weighted by atomic mass is 32.2. The van der Waals surface area contributed by atoms with Crippen molar-refractivity contribution < 1.29 is 22.7 Å². The lowest BCUT2D eigenvalue weighted by molar-refractivity contribution is 0.102. The molecule has 0 aromatic heterocycles. The van der Waals surface area contributed by atoms with Crippen LogP contribution >= 0.6 is 0 Å². The van der Waals surface area contributed by atoms with Gasteiger partial charge in [-0.25, -0.2) is 8.42 Å². The van der Waals surface area contributed by atoms with Crippen molar-refractivity contribution in [2.45, 2.75) is 4.90 Å². The number of hydrogen-bond acceptors (Lipinski definition) is 6. The predicted octanol–water partition coefficient (Wildman–Crippen LogP) is 3.63. The summed E-state index contributed by atoms with van der Waals surface area (Å²) in [6.45, 7) is 0. The molecule has 3 aromatic carbocycles. The molecule has 0 heterocycles. The van der Waals surface area contributed by atoms with Crippen LogP contribution in [0.2, 0.25) is 0 Å². The molecule has 0 atom stereocenters. The first-order valence-corrected chi connectivity index (χ1v) is 10.5. The molecule has 0 radical (unpaired) electrons. The Balaban J connectivity index is 1.92. The van der Waals surface area contributed by atoms with Gasteiger partial charge in [-0.1, -0.05) is 24.3 Å². The molecule has 0 saturated carbocycles. The second kappa shape index (κ2) is 9.19. The van der Waals surface area contributed by atoms with Gasteiger partial charge in [-0.3, -0.25) is 9.52 Å². The molecule has 0 unspecified atom stereocenters. The zero-order valence-corrected chi connectivity index (χ0v) is 17.6. The van der Waals surface area contributed by atoms with Crippen molar-refractivity contribution in [3.05, 3.63) is 77.9 Å². The molecule has 0 aliphatic heterocycles.